The zero-order valence-corrected chi connectivity index (χ0v) is 12.8. The molecule has 1 rings (SSSR count). The Hall–Kier alpha value is -0.630. The molecule has 1 aliphatic carbocycles. The molecule has 1 aliphatic rings. The van der Waals surface area contributed by atoms with E-state index in [1.807, 2.05) is 0 Å². The van der Waals surface area contributed by atoms with Gasteiger partial charge in [-0.3, -0.25) is 0 Å². The average molecular weight is 269 g/mol. The van der Waals surface area contributed by atoms with Gasteiger partial charge in [0, 0.05) is 20.6 Å². The molecule has 4 nitrogen and oxygen atoms in total. The SMILES string of the molecule is COC(CC(C)(O)C1(C#N)CCC(C)(C)CC1)OC. The lowest BCUT2D eigenvalue weighted by atomic mass is 9.58. The molecule has 0 aliphatic heterocycles. The maximum Gasteiger partial charge on any atom is 0.159 e. The molecule has 1 saturated carbocycles. The van der Waals surface area contributed by atoms with Gasteiger partial charge < -0.3 is 14.6 Å². The van der Waals surface area contributed by atoms with Gasteiger partial charge in [0.2, 0.25) is 0 Å². The normalized spacial score (nSPS) is 24.7. The van der Waals surface area contributed by atoms with Gasteiger partial charge in [-0.1, -0.05) is 13.8 Å². The summed E-state index contributed by atoms with van der Waals surface area (Å²) in [5, 5.41) is 20.4. The molecule has 1 fully saturated rings. The van der Waals surface area contributed by atoms with Crippen LogP contribution in [0.25, 0.3) is 0 Å². The quantitative estimate of drug-likeness (QED) is 0.780. The van der Waals surface area contributed by atoms with Crippen LogP contribution in [0.5, 0.6) is 0 Å². The number of ether oxygens (including phenoxy) is 2. The molecule has 4 heteroatoms. The molecule has 1 N–H and O–H groups in total. The van der Waals surface area contributed by atoms with E-state index in [4.69, 9.17) is 9.47 Å². The molecular weight excluding hydrogens is 242 g/mol. The number of aliphatic hydroxyl groups is 1. The van der Waals surface area contributed by atoms with E-state index >= 15 is 0 Å². The average Bonchev–Trinajstić information content (AvgIpc) is 2.36. The summed E-state index contributed by atoms with van der Waals surface area (Å²) >= 11 is 0. The van der Waals surface area contributed by atoms with Crippen molar-refractivity contribution in [1.82, 2.24) is 0 Å². The molecule has 0 heterocycles. The number of methoxy groups -OCH3 is 2. The van der Waals surface area contributed by atoms with Crippen molar-refractivity contribution in [2.75, 3.05) is 14.2 Å². The minimum atomic E-state index is -1.10. The highest BCUT2D eigenvalue weighted by Gasteiger charge is 2.51. The summed E-state index contributed by atoms with van der Waals surface area (Å²) in [7, 11) is 3.10. The van der Waals surface area contributed by atoms with Gasteiger partial charge in [-0.25, -0.2) is 0 Å². The fourth-order valence-electron chi connectivity index (χ4n) is 2.91. The highest BCUT2D eigenvalue weighted by molar-refractivity contribution is 5.12. The molecule has 0 radical (unpaired) electrons. The van der Waals surface area contributed by atoms with E-state index in [1.165, 1.54) is 0 Å². The second-order valence-corrected chi connectivity index (χ2v) is 6.74. The number of hydrogen-bond donors (Lipinski definition) is 1. The van der Waals surface area contributed by atoms with Crippen LogP contribution in [0.4, 0.5) is 0 Å². The standard InChI is InChI=1S/C15H27NO3/c1-13(2)6-8-15(11-16,9-7-13)14(3,17)10-12(18-4)19-5/h12,17H,6-10H2,1-5H3. The number of rotatable bonds is 5. The first-order valence-corrected chi connectivity index (χ1v) is 6.91. The fourth-order valence-corrected chi connectivity index (χ4v) is 2.91. The Kier molecular flexibility index (Phi) is 5.00. The molecule has 1 unspecified atom stereocenters. The monoisotopic (exact) mass is 269 g/mol. The van der Waals surface area contributed by atoms with E-state index in [9.17, 15) is 10.4 Å². The zero-order chi connectivity index (χ0) is 14.7. The van der Waals surface area contributed by atoms with Crippen LogP contribution in [0.15, 0.2) is 0 Å². The highest BCUT2D eigenvalue weighted by atomic mass is 16.7. The van der Waals surface area contributed by atoms with Crippen LogP contribution in [-0.2, 0) is 9.47 Å². The maximum atomic E-state index is 10.8. The third kappa shape index (κ3) is 3.47. The van der Waals surface area contributed by atoms with Crippen molar-refractivity contribution in [2.24, 2.45) is 10.8 Å². The first-order valence-electron chi connectivity index (χ1n) is 6.91. The van der Waals surface area contributed by atoms with E-state index in [1.54, 1.807) is 21.1 Å². The van der Waals surface area contributed by atoms with Gasteiger partial charge in [0.25, 0.3) is 0 Å². The molecule has 0 aromatic heterocycles. The molecule has 0 aromatic rings. The first-order chi connectivity index (χ1) is 8.72. The predicted octanol–water partition coefficient (Wildman–Crippen LogP) is 2.86. The summed E-state index contributed by atoms with van der Waals surface area (Å²) < 4.78 is 10.3. The van der Waals surface area contributed by atoms with Crippen LogP contribution in [0, 0.1) is 22.2 Å². The first kappa shape index (κ1) is 16.4. The topological polar surface area (TPSA) is 62.5 Å². The lowest BCUT2D eigenvalue weighted by molar-refractivity contribution is -0.169. The fraction of sp³-hybridized carbons (Fsp3) is 0.933. The molecule has 19 heavy (non-hydrogen) atoms. The third-order valence-electron chi connectivity index (χ3n) is 4.79. The minimum Gasteiger partial charge on any atom is -0.388 e. The van der Waals surface area contributed by atoms with Gasteiger partial charge in [-0.05, 0) is 38.0 Å². The third-order valence-corrected chi connectivity index (χ3v) is 4.79. The van der Waals surface area contributed by atoms with E-state index in [0.29, 0.717) is 6.42 Å². The van der Waals surface area contributed by atoms with Crippen molar-refractivity contribution in [2.45, 2.75) is 64.8 Å². The van der Waals surface area contributed by atoms with Gasteiger partial charge in [-0.15, -0.1) is 0 Å². The van der Waals surface area contributed by atoms with Crippen molar-refractivity contribution in [3.8, 4) is 6.07 Å². The van der Waals surface area contributed by atoms with E-state index in [2.05, 4.69) is 19.9 Å². The summed E-state index contributed by atoms with van der Waals surface area (Å²) in [6.07, 6.45) is 3.21. The zero-order valence-electron chi connectivity index (χ0n) is 12.8. The Morgan fingerprint density at radius 3 is 2.05 bits per heavy atom. The van der Waals surface area contributed by atoms with Crippen LogP contribution in [0.1, 0.15) is 52.9 Å². The van der Waals surface area contributed by atoms with Crippen LogP contribution >= 0.6 is 0 Å². The largest absolute Gasteiger partial charge is 0.388 e. The Morgan fingerprint density at radius 1 is 1.21 bits per heavy atom. The van der Waals surface area contributed by atoms with Gasteiger partial charge in [0.15, 0.2) is 6.29 Å². The second-order valence-electron chi connectivity index (χ2n) is 6.74. The molecule has 1 atom stereocenters. The van der Waals surface area contributed by atoms with Crippen molar-refractivity contribution in [3.05, 3.63) is 0 Å². The van der Waals surface area contributed by atoms with Crippen molar-refractivity contribution in [1.29, 1.82) is 5.26 Å². The van der Waals surface area contributed by atoms with Crippen LogP contribution in [0.2, 0.25) is 0 Å². The van der Waals surface area contributed by atoms with E-state index in [0.717, 1.165) is 25.7 Å². The molecule has 0 amide bonds. The Balaban J connectivity index is 2.87. The Bertz CT molecular complexity index is 330. The molecule has 0 aromatic carbocycles. The molecular formula is C15H27NO3. The number of nitriles is 1. The van der Waals surface area contributed by atoms with E-state index in [-0.39, 0.29) is 5.41 Å². The summed E-state index contributed by atoms with van der Waals surface area (Å²) in [5.74, 6) is 0. The summed E-state index contributed by atoms with van der Waals surface area (Å²) in [4.78, 5) is 0. The lowest BCUT2D eigenvalue weighted by Crippen LogP contribution is -2.50. The van der Waals surface area contributed by atoms with Crippen LogP contribution < -0.4 is 0 Å². The van der Waals surface area contributed by atoms with E-state index < -0.39 is 17.3 Å². The van der Waals surface area contributed by atoms with Gasteiger partial charge in [0.05, 0.1) is 17.1 Å². The van der Waals surface area contributed by atoms with Crippen molar-refractivity contribution < 1.29 is 14.6 Å². The maximum absolute atomic E-state index is 10.8. The predicted molar refractivity (Wildman–Crippen MR) is 73.3 cm³/mol. The van der Waals surface area contributed by atoms with Gasteiger partial charge in [0.1, 0.15) is 0 Å². The van der Waals surface area contributed by atoms with Gasteiger partial charge in [-0.2, -0.15) is 5.26 Å². The molecule has 0 bridgehead atoms. The molecule has 0 spiro atoms. The number of hydrogen-bond acceptors (Lipinski definition) is 4. The lowest BCUT2D eigenvalue weighted by Gasteiger charge is -2.47. The Labute approximate surface area is 116 Å². The molecule has 0 saturated heterocycles. The van der Waals surface area contributed by atoms with Crippen molar-refractivity contribution in [3.63, 3.8) is 0 Å². The van der Waals surface area contributed by atoms with Crippen LogP contribution in [-0.4, -0.2) is 31.2 Å². The minimum absolute atomic E-state index is 0.262. The summed E-state index contributed by atoms with van der Waals surface area (Å²) in [5.41, 5.74) is -1.54. The highest BCUT2D eigenvalue weighted by Crippen LogP contribution is 2.51. The van der Waals surface area contributed by atoms with Gasteiger partial charge >= 0.3 is 0 Å². The summed E-state index contributed by atoms with van der Waals surface area (Å²) in [6.45, 7) is 6.17. The molecule has 110 valence electrons. The van der Waals surface area contributed by atoms with Crippen LogP contribution in [0.3, 0.4) is 0 Å². The smallest absolute Gasteiger partial charge is 0.159 e. The number of nitrogens with zero attached hydrogens (tertiary/aromatic N) is 1. The Morgan fingerprint density at radius 2 is 1.68 bits per heavy atom. The second kappa shape index (κ2) is 5.78. The van der Waals surface area contributed by atoms with Crippen molar-refractivity contribution >= 4 is 0 Å². The summed E-state index contributed by atoms with van der Waals surface area (Å²) in [6, 6.07) is 2.39.